The number of allylic oxidation sites excluding steroid dienone is 1. The van der Waals surface area contributed by atoms with Gasteiger partial charge in [-0.15, -0.1) is 17.9 Å². The molecule has 2 rings (SSSR count). The van der Waals surface area contributed by atoms with Crippen molar-refractivity contribution in [1.29, 1.82) is 0 Å². The van der Waals surface area contributed by atoms with E-state index in [-0.39, 0.29) is 0 Å². The van der Waals surface area contributed by atoms with E-state index in [4.69, 9.17) is 0 Å². The molecule has 0 saturated carbocycles. The third kappa shape index (κ3) is 3.68. The van der Waals surface area contributed by atoms with Gasteiger partial charge in [0.15, 0.2) is 0 Å². The first-order chi connectivity index (χ1) is 9.22. The van der Waals surface area contributed by atoms with Gasteiger partial charge < -0.3 is 5.32 Å². The van der Waals surface area contributed by atoms with Crippen LogP contribution in [0.25, 0.3) is 10.1 Å². The van der Waals surface area contributed by atoms with Gasteiger partial charge in [-0.05, 0) is 55.1 Å². The van der Waals surface area contributed by atoms with Gasteiger partial charge in [0.1, 0.15) is 0 Å². The molecule has 19 heavy (non-hydrogen) atoms. The summed E-state index contributed by atoms with van der Waals surface area (Å²) in [7, 11) is 0. The van der Waals surface area contributed by atoms with Crippen LogP contribution in [-0.2, 0) is 0 Å². The Labute approximate surface area is 120 Å². The second kappa shape index (κ2) is 6.88. The van der Waals surface area contributed by atoms with E-state index in [2.05, 4.69) is 55.4 Å². The standard InChI is InChI=1S/C17H23NS/c1-4-11-18-16(10-9-13(2)3)15-12-19-17-8-6-5-7-14(15)17/h5-8,12,16,18H,2,4,9-11H2,1,3H3. The predicted octanol–water partition coefficient (Wildman–Crippen LogP) is 5.30. The SMILES string of the molecule is C=C(C)CCC(NCCC)c1csc2ccccc12. The third-order valence-corrected chi connectivity index (χ3v) is 4.37. The second-order valence-corrected chi connectivity index (χ2v) is 6.10. The molecule has 0 aliphatic carbocycles. The monoisotopic (exact) mass is 273 g/mol. The van der Waals surface area contributed by atoms with Crippen LogP contribution in [-0.4, -0.2) is 6.54 Å². The van der Waals surface area contributed by atoms with Crippen LogP contribution in [0.1, 0.15) is 44.7 Å². The van der Waals surface area contributed by atoms with Crippen molar-refractivity contribution in [3.8, 4) is 0 Å². The fraction of sp³-hybridized carbons (Fsp3) is 0.412. The van der Waals surface area contributed by atoms with E-state index in [0.717, 1.165) is 19.4 Å². The molecule has 1 nitrogen and oxygen atoms in total. The summed E-state index contributed by atoms with van der Waals surface area (Å²) in [5.74, 6) is 0. The molecule has 2 heteroatoms. The Morgan fingerprint density at radius 1 is 1.37 bits per heavy atom. The third-order valence-electron chi connectivity index (χ3n) is 3.39. The number of rotatable bonds is 7. The first-order valence-electron chi connectivity index (χ1n) is 7.06. The highest BCUT2D eigenvalue weighted by molar-refractivity contribution is 7.17. The maximum absolute atomic E-state index is 4.03. The number of hydrogen-bond donors (Lipinski definition) is 1. The summed E-state index contributed by atoms with van der Waals surface area (Å²) in [4.78, 5) is 0. The van der Waals surface area contributed by atoms with Crippen LogP contribution in [0.5, 0.6) is 0 Å². The molecule has 0 fully saturated rings. The summed E-state index contributed by atoms with van der Waals surface area (Å²) in [6, 6.07) is 9.15. The van der Waals surface area contributed by atoms with Gasteiger partial charge in [0.05, 0.1) is 0 Å². The zero-order valence-electron chi connectivity index (χ0n) is 11.9. The molecule has 1 atom stereocenters. The Balaban J connectivity index is 2.23. The molecule has 0 bridgehead atoms. The maximum atomic E-state index is 4.03. The molecule has 0 aliphatic heterocycles. The minimum Gasteiger partial charge on any atom is -0.310 e. The van der Waals surface area contributed by atoms with Crippen LogP contribution >= 0.6 is 11.3 Å². The molecule has 1 N–H and O–H groups in total. The summed E-state index contributed by atoms with van der Waals surface area (Å²) in [5.41, 5.74) is 2.72. The molecular formula is C17H23NS. The van der Waals surface area contributed by atoms with E-state index >= 15 is 0 Å². The molecule has 0 aliphatic rings. The first-order valence-corrected chi connectivity index (χ1v) is 7.94. The number of nitrogens with one attached hydrogen (secondary N) is 1. The van der Waals surface area contributed by atoms with Crippen molar-refractivity contribution < 1.29 is 0 Å². The number of benzene rings is 1. The average Bonchev–Trinajstić information content (AvgIpc) is 2.83. The minimum absolute atomic E-state index is 0.452. The average molecular weight is 273 g/mol. The van der Waals surface area contributed by atoms with Crippen molar-refractivity contribution in [1.82, 2.24) is 5.32 Å². The van der Waals surface area contributed by atoms with Crippen molar-refractivity contribution in [3.63, 3.8) is 0 Å². The van der Waals surface area contributed by atoms with Crippen LogP contribution in [0.4, 0.5) is 0 Å². The summed E-state index contributed by atoms with van der Waals surface area (Å²) in [6.07, 6.45) is 3.40. The van der Waals surface area contributed by atoms with Gasteiger partial charge >= 0.3 is 0 Å². The van der Waals surface area contributed by atoms with Crippen LogP contribution in [0.2, 0.25) is 0 Å². The highest BCUT2D eigenvalue weighted by Gasteiger charge is 2.14. The number of fused-ring (bicyclic) bond motifs is 1. The zero-order valence-corrected chi connectivity index (χ0v) is 12.7. The molecule has 2 aromatic rings. The molecular weight excluding hydrogens is 250 g/mol. The van der Waals surface area contributed by atoms with Crippen molar-refractivity contribution in [3.05, 3.63) is 47.4 Å². The molecule has 0 saturated heterocycles. The summed E-state index contributed by atoms with van der Waals surface area (Å²) >= 11 is 1.85. The Bertz CT molecular complexity index is 541. The fourth-order valence-corrected chi connectivity index (χ4v) is 3.36. The highest BCUT2D eigenvalue weighted by Crippen LogP contribution is 2.32. The van der Waals surface area contributed by atoms with Crippen molar-refractivity contribution in [2.45, 2.75) is 39.2 Å². The molecule has 1 unspecified atom stereocenters. The Morgan fingerprint density at radius 2 is 2.16 bits per heavy atom. The largest absolute Gasteiger partial charge is 0.310 e. The normalized spacial score (nSPS) is 12.7. The van der Waals surface area contributed by atoms with E-state index in [9.17, 15) is 0 Å². The fourth-order valence-electron chi connectivity index (χ4n) is 2.35. The van der Waals surface area contributed by atoms with E-state index < -0.39 is 0 Å². The molecule has 0 amide bonds. The lowest BCUT2D eigenvalue weighted by molar-refractivity contribution is 0.502. The lowest BCUT2D eigenvalue weighted by Crippen LogP contribution is -2.22. The van der Waals surface area contributed by atoms with Crippen molar-refractivity contribution >= 4 is 21.4 Å². The van der Waals surface area contributed by atoms with Gasteiger partial charge in [-0.1, -0.05) is 30.7 Å². The Hall–Kier alpha value is -1.12. The highest BCUT2D eigenvalue weighted by atomic mass is 32.1. The zero-order chi connectivity index (χ0) is 13.7. The maximum Gasteiger partial charge on any atom is 0.0346 e. The van der Waals surface area contributed by atoms with Crippen LogP contribution < -0.4 is 5.32 Å². The van der Waals surface area contributed by atoms with Gasteiger partial charge in [0, 0.05) is 10.7 Å². The van der Waals surface area contributed by atoms with E-state index in [1.807, 2.05) is 11.3 Å². The van der Waals surface area contributed by atoms with Gasteiger partial charge in [-0.3, -0.25) is 0 Å². The predicted molar refractivity (Wildman–Crippen MR) is 86.9 cm³/mol. The smallest absolute Gasteiger partial charge is 0.0346 e. The summed E-state index contributed by atoms with van der Waals surface area (Å²) in [5, 5.41) is 7.41. The molecule has 102 valence electrons. The van der Waals surface area contributed by atoms with Gasteiger partial charge in [-0.25, -0.2) is 0 Å². The van der Waals surface area contributed by atoms with E-state index in [1.165, 1.54) is 27.6 Å². The molecule has 0 radical (unpaired) electrons. The lowest BCUT2D eigenvalue weighted by Gasteiger charge is -2.18. The summed E-state index contributed by atoms with van der Waals surface area (Å²) in [6.45, 7) is 9.43. The Kier molecular flexibility index (Phi) is 5.17. The quantitative estimate of drug-likeness (QED) is 0.675. The van der Waals surface area contributed by atoms with Crippen molar-refractivity contribution in [2.24, 2.45) is 0 Å². The van der Waals surface area contributed by atoms with E-state index in [1.54, 1.807) is 0 Å². The Morgan fingerprint density at radius 3 is 2.89 bits per heavy atom. The van der Waals surface area contributed by atoms with E-state index in [0.29, 0.717) is 6.04 Å². The van der Waals surface area contributed by atoms with Crippen LogP contribution in [0.15, 0.2) is 41.8 Å². The minimum atomic E-state index is 0.452. The lowest BCUT2D eigenvalue weighted by atomic mass is 9.99. The van der Waals surface area contributed by atoms with Gasteiger partial charge in [0.2, 0.25) is 0 Å². The molecule has 1 aromatic heterocycles. The second-order valence-electron chi connectivity index (χ2n) is 5.19. The first kappa shape index (κ1) is 14.3. The summed E-state index contributed by atoms with van der Waals surface area (Å²) < 4.78 is 1.39. The topological polar surface area (TPSA) is 12.0 Å². The van der Waals surface area contributed by atoms with Crippen molar-refractivity contribution in [2.75, 3.05) is 6.54 Å². The van der Waals surface area contributed by atoms with Gasteiger partial charge in [0.25, 0.3) is 0 Å². The number of thiophene rings is 1. The van der Waals surface area contributed by atoms with Crippen LogP contribution in [0.3, 0.4) is 0 Å². The van der Waals surface area contributed by atoms with Gasteiger partial charge in [-0.2, -0.15) is 0 Å². The molecule has 1 aromatic carbocycles. The van der Waals surface area contributed by atoms with Crippen LogP contribution in [0, 0.1) is 0 Å². The molecule has 1 heterocycles. The molecule has 0 spiro atoms. The number of hydrogen-bond acceptors (Lipinski definition) is 2.